The van der Waals surface area contributed by atoms with Gasteiger partial charge in [-0.2, -0.15) is 0 Å². The van der Waals surface area contributed by atoms with Crippen LogP contribution in [0.5, 0.6) is 0 Å². The van der Waals surface area contributed by atoms with Gasteiger partial charge in [-0.1, -0.05) is 26.7 Å². The second kappa shape index (κ2) is 5.96. The van der Waals surface area contributed by atoms with Crippen LogP contribution in [0.15, 0.2) is 23.0 Å². The normalized spacial score (nSPS) is 15.1. The van der Waals surface area contributed by atoms with Crippen LogP contribution < -0.4 is 5.73 Å². The summed E-state index contributed by atoms with van der Waals surface area (Å²) in [7, 11) is 0. The minimum atomic E-state index is 0.278. The van der Waals surface area contributed by atoms with E-state index >= 15 is 0 Å². The monoisotopic (exact) mass is 209 g/mol. The van der Waals surface area contributed by atoms with Gasteiger partial charge in [-0.05, 0) is 42.9 Å². The second-order valence-electron chi connectivity index (χ2n) is 4.47. The van der Waals surface area contributed by atoms with Crippen molar-refractivity contribution >= 4 is 0 Å². The van der Waals surface area contributed by atoms with Crippen molar-refractivity contribution < 1.29 is 4.42 Å². The first-order valence-electron chi connectivity index (χ1n) is 5.97. The van der Waals surface area contributed by atoms with E-state index in [1.165, 1.54) is 24.8 Å². The highest BCUT2D eigenvalue weighted by Crippen LogP contribution is 2.32. The highest BCUT2D eigenvalue weighted by Gasteiger charge is 2.26. The van der Waals surface area contributed by atoms with Gasteiger partial charge in [0, 0.05) is 0 Å². The van der Waals surface area contributed by atoms with Gasteiger partial charge in [-0.3, -0.25) is 0 Å². The molecular formula is C13H23NO. The first-order chi connectivity index (χ1) is 7.26. The standard InChI is InChI=1S/C13H23NO/c1-3-5-7-13(4-2,11-14)9-12-6-8-15-10-12/h6,8,10H,3-5,7,9,11,14H2,1-2H3. The van der Waals surface area contributed by atoms with Crippen molar-refractivity contribution in [3.63, 3.8) is 0 Å². The molecule has 15 heavy (non-hydrogen) atoms. The molecule has 0 aliphatic carbocycles. The number of furan rings is 1. The molecule has 1 atom stereocenters. The molecule has 0 fully saturated rings. The molecular weight excluding hydrogens is 186 g/mol. The molecule has 0 radical (unpaired) electrons. The Hall–Kier alpha value is -0.760. The fraction of sp³-hybridized carbons (Fsp3) is 0.692. The molecule has 86 valence electrons. The summed E-state index contributed by atoms with van der Waals surface area (Å²) in [6.07, 6.45) is 9.51. The second-order valence-corrected chi connectivity index (χ2v) is 4.47. The SMILES string of the molecule is CCCCC(CC)(CN)Cc1ccoc1. The Morgan fingerprint density at radius 1 is 1.40 bits per heavy atom. The first kappa shape index (κ1) is 12.3. The van der Waals surface area contributed by atoms with E-state index in [0.717, 1.165) is 19.4 Å². The zero-order valence-electron chi connectivity index (χ0n) is 9.96. The van der Waals surface area contributed by atoms with E-state index in [-0.39, 0.29) is 5.41 Å². The lowest BCUT2D eigenvalue weighted by Crippen LogP contribution is -2.32. The maximum absolute atomic E-state index is 5.95. The summed E-state index contributed by atoms with van der Waals surface area (Å²) in [6, 6.07) is 2.05. The number of hydrogen-bond donors (Lipinski definition) is 1. The van der Waals surface area contributed by atoms with Crippen LogP contribution >= 0.6 is 0 Å². The number of rotatable bonds is 7. The van der Waals surface area contributed by atoms with E-state index < -0.39 is 0 Å². The molecule has 0 saturated heterocycles. The average molecular weight is 209 g/mol. The highest BCUT2D eigenvalue weighted by molar-refractivity contribution is 5.09. The maximum Gasteiger partial charge on any atom is 0.0934 e. The van der Waals surface area contributed by atoms with Crippen molar-refractivity contribution in [2.75, 3.05) is 6.54 Å². The van der Waals surface area contributed by atoms with Gasteiger partial charge >= 0.3 is 0 Å². The number of nitrogens with two attached hydrogens (primary N) is 1. The summed E-state index contributed by atoms with van der Waals surface area (Å²) >= 11 is 0. The van der Waals surface area contributed by atoms with Crippen molar-refractivity contribution in [2.45, 2.75) is 46.0 Å². The van der Waals surface area contributed by atoms with Crippen LogP contribution in [-0.2, 0) is 6.42 Å². The van der Waals surface area contributed by atoms with Crippen LogP contribution in [-0.4, -0.2) is 6.54 Å². The molecule has 1 aromatic rings. The van der Waals surface area contributed by atoms with Crippen LogP contribution in [0.3, 0.4) is 0 Å². The van der Waals surface area contributed by atoms with Crippen molar-refractivity contribution in [3.05, 3.63) is 24.2 Å². The summed E-state index contributed by atoms with van der Waals surface area (Å²) in [4.78, 5) is 0. The topological polar surface area (TPSA) is 39.2 Å². The molecule has 1 rings (SSSR count). The van der Waals surface area contributed by atoms with Gasteiger partial charge in [0.25, 0.3) is 0 Å². The molecule has 1 unspecified atom stereocenters. The summed E-state index contributed by atoms with van der Waals surface area (Å²) < 4.78 is 5.11. The number of hydrogen-bond acceptors (Lipinski definition) is 2. The molecule has 0 amide bonds. The minimum absolute atomic E-state index is 0.278. The molecule has 0 spiro atoms. The third-order valence-corrected chi connectivity index (χ3v) is 3.40. The quantitative estimate of drug-likeness (QED) is 0.747. The Kier molecular flexibility index (Phi) is 4.89. The van der Waals surface area contributed by atoms with E-state index in [9.17, 15) is 0 Å². The zero-order valence-corrected chi connectivity index (χ0v) is 9.96. The smallest absolute Gasteiger partial charge is 0.0934 e. The van der Waals surface area contributed by atoms with Gasteiger partial charge in [-0.15, -0.1) is 0 Å². The molecule has 1 heterocycles. The van der Waals surface area contributed by atoms with Crippen LogP contribution in [0.25, 0.3) is 0 Å². The van der Waals surface area contributed by atoms with Crippen LogP contribution in [0, 0.1) is 5.41 Å². The largest absolute Gasteiger partial charge is 0.472 e. The van der Waals surface area contributed by atoms with E-state index in [2.05, 4.69) is 13.8 Å². The van der Waals surface area contributed by atoms with Crippen LogP contribution in [0.4, 0.5) is 0 Å². The van der Waals surface area contributed by atoms with Crippen molar-refractivity contribution in [1.82, 2.24) is 0 Å². The Morgan fingerprint density at radius 2 is 2.20 bits per heavy atom. The highest BCUT2D eigenvalue weighted by atomic mass is 16.3. The average Bonchev–Trinajstić information content (AvgIpc) is 2.77. The molecule has 0 aliphatic rings. The predicted molar refractivity (Wildman–Crippen MR) is 63.7 cm³/mol. The summed E-state index contributed by atoms with van der Waals surface area (Å²) in [6.45, 7) is 5.24. The lowest BCUT2D eigenvalue weighted by atomic mass is 9.76. The molecule has 0 aliphatic heterocycles. The molecule has 0 saturated carbocycles. The van der Waals surface area contributed by atoms with E-state index in [0.29, 0.717) is 0 Å². The maximum atomic E-state index is 5.95. The Bertz CT molecular complexity index is 250. The van der Waals surface area contributed by atoms with E-state index in [1.54, 1.807) is 6.26 Å². The molecule has 0 bridgehead atoms. The molecule has 2 N–H and O–H groups in total. The molecule has 2 heteroatoms. The van der Waals surface area contributed by atoms with Gasteiger partial charge in [0.1, 0.15) is 0 Å². The van der Waals surface area contributed by atoms with E-state index in [1.807, 2.05) is 12.3 Å². The van der Waals surface area contributed by atoms with Crippen molar-refractivity contribution in [1.29, 1.82) is 0 Å². The zero-order chi connectivity index (χ0) is 11.1. The van der Waals surface area contributed by atoms with Gasteiger partial charge in [0.05, 0.1) is 12.5 Å². The summed E-state index contributed by atoms with van der Waals surface area (Å²) in [5.41, 5.74) is 7.50. The summed E-state index contributed by atoms with van der Waals surface area (Å²) in [5, 5.41) is 0. The van der Waals surface area contributed by atoms with Gasteiger partial charge in [0.15, 0.2) is 0 Å². The Morgan fingerprint density at radius 3 is 2.67 bits per heavy atom. The molecule has 1 aromatic heterocycles. The lowest BCUT2D eigenvalue weighted by molar-refractivity contribution is 0.250. The van der Waals surface area contributed by atoms with Gasteiger partial charge in [0.2, 0.25) is 0 Å². The van der Waals surface area contributed by atoms with Gasteiger partial charge < -0.3 is 10.2 Å². The van der Waals surface area contributed by atoms with Crippen molar-refractivity contribution in [2.24, 2.45) is 11.1 Å². The third kappa shape index (κ3) is 3.38. The first-order valence-corrected chi connectivity index (χ1v) is 5.97. The lowest BCUT2D eigenvalue weighted by Gasteiger charge is -2.31. The fourth-order valence-corrected chi connectivity index (χ4v) is 2.09. The third-order valence-electron chi connectivity index (χ3n) is 3.40. The van der Waals surface area contributed by atoms with Crippen molar-refractivity contribution in [3.8, 4) is 0 Å². The molecule has 2 nitrogen and oxygen atoms in total. The van der Waals surface area contributed by atoms with Crippen LogP contribution in [0.2, 0.25) is 0 Å². The Balaban J connectivity index is 2.63. The molecule has 0 aromatic carbocycles. The summed E-state index contributed by atoms with van der Waals surface area (Å²) in [5.74, 6) is 0. The van der Waals surface area contributed by atoms with E-state index in [4.69, 9.17) is 10.2 Å². The minimum Gasteiger partial charge on any atom is -0.472 e. The van der Waals surface area contributed by atoms with Crippen LogP contribution in [0.1, 0.15) is 45.1 Å². The number of unbranched alkanes of at least 4 members (excludes halogenated alkanes) is 1. The Labute approximate surface area is 92.9 Å². The fourth-order valence-electron chi connectivity index (χ4n) is 2.09. The predicted octanol–water partition coefficient (Wildman–Crippen LogP) is 3.37. The van der Waals surface area contributed by atoms with Gasteiger partial charge in [-0.25, -0.2) is 0 Å².